The predicted molar refractivity (Wildman–Crippen MR) is 76.8 cm³/mol. The second-order valence-electron chi connectivity index (χ2n) is 4.96. The normalized spacial score (nSPS) is 13.4. The van der Waals surface area contributed by atoms with E-state index in [1.54, 1.807) is 14.2 Å². The van der Waals surface area contributed by atoms with Crippen molar-refractivity contribution in [1.82, 2.24) is 0 Å². The molecule has 0 aromatic carbocycles. The number of hydrogen-bond donors (Lipinski definition) is 1. The van der Waals surface area contributed by atoms with E-state index >= 15 is 0 Å². The highest BCUT2D eigenvalue weighted by molar-refractivity contribution is 5.66. The van der Waals surface area contributed by atoms with Crippen molar-refractivity contribution in [3.63, 3.8) is 0 Å². The van der Waals surface area contributed by atoms with Crippen molar-refractivity contribution in [1.29, 1.82) is 0 Å². The lowest BCUT2D eigenvalue weighted by Crippen LogP contribution is -2.55. The number of aliphatic carboxylic acids is 1. The fourth-order valence-electron chi connectivity index (χ4n) is 2.26. The molecule has 0 rings (SSSR count). The molecule has 0 aromatic heterocycles. The molecule has 0 aliphatic rings. The Labute approximate surface area is 122 Å². The van der Waals surface area contributed by atoms with E-state index in [0.717, 1.165) is 30.7 Å². The van der Waals surface area contributed by atoms with Crippen LogP contribution in [0.5, 0.6) is 0 Å². The highest BCUT2D eigenvalue weighted by atomic mass is 16.5. The van der Waals surface area contributed by atoms with Gasteiger partial charge in [0, 0.05) is 14.2 Å². The standard InChI is InChI=1S/C14H29NO5/c1-5-15(6-2,8-10-18-3)11-13(12-19-4)20-9-7-14(16)17/h13H,5-12H2,1-4H3/p+1. The highest BCUT2D eigenvalue weighted by Gasteiger charge is 2.28. The Kier molecular flexibility index (Phi) is 10.6. The number of ether oxygens (including phenoxy) is 3. The molecule has 0 amide bonds. The van der Waals surface area contributed by atoms with Crippen LogP contribution in [0.4, 0.5) is 0 Å². The molecule has 0 fully saturated rings. The second kappa shape index (κ2) is 11.0. The van der Waals surface area contributed by atoms with Crippen LogP contribution in [0, 0.1) is 0 Å². The third-order valence-electron chi connectivity index (χ3n) is 3.72. The SMILES string of the molecule is CC[N+](CC)(CCOC)CC(COC)OCCC(=O)O. The molecule has 1 unspecified atom stereocenters. The van der Waals surface area contributed by atoms with E-state index in [2.05, 4.69) is 13.8 Å². The molecule has 0 saturated carbocycles. The van der Waals surface area contributed by atoms with Gasteiger partial charge in [0.2, 0.25) is 0 Å². The number of carbonyl (C=O) groups is 1. The molecule has 0 aromatic rings. The zero-order valence-electron chi connectivity index (χ0n) is 13.3. The Morgan fingerprint density at radius 3 is 2.25 bits per heavy atom. The van der Waals surface area contributed by atoms with Crippen molar-refractivity contribution in [2.45, 2.75) is 26.4 Å². The Bertz CT molecular complexity index is 256. The minimum atomic E-state index is -0.840. The van der Waals surface area contributed by atoms with Crippen LogP contribution < -0.4 is 0 Å². The first-order chi connectivity index (χ1) is 9.53. The molecule has 0 heterocycles. The van der Waals surface area contributed by atoms with Crippen LogP contribution in [0.15, 0.2) is 0 Å². The molecule has 6 nitrogen and oxygen atoms in total. The maximum Gasteiger partial charge on any atom is 0.305 e. The van der Waals surface area contributed by atoms with Crippen LogP contribution in [0.25, 0.3) is 0 Å². The van der Waals surface area contributed by atoms with Gasteiger partial charge in [-0.1, -0.05) is 0 Å². The Hall–Kier alpha value is -0.690. The maximum atomic E-state index is 10.5. The molecule has 0 spiro atoms. The van der Waals surface area contributed by atoms with E-state index in [1.807, 2.05) is 0 Å². The molecule has 0 saturated heterocycles. The number of rotatable bonds is 13. The minimum Gasteiger partial charge on any atom is -0.481 e. The lowest BCUT2D eigenvalue weighted by molar-refractivity contribution is -0.928. The molecule has 0 radical (unpaired) electrons. The van der Waals surface area contributed by atoms with Crippen LogP contribution >= 0.6 is 0 Å². The van der Waals surface area contributed by atoms with Gasteiger partial charge in [-0.15, -0.1) is 0 Å². The molecule has 1 atom stereocenters. The molecular formula is C14H30NO5+. The first kappa shape index (κ1) is 19.3. The molecular weight excluding hydrogens is 262 g/mol. The second-order valence-corrected chi connectivity index (χ2v) is 4.96. The average molecular weight is 292 g/mol. The van der Waals surface area contributed by atoms with E-state index in [9.17, 15) is 4.79 Å². The van der Waals surface area contributed by atoms with Gasteiger partial charge in [0.15, 0.2) is 0 Å². The van der Waals surface area contributed by atoms with Crippen LogP contribution in [0.2, 0.25) is 0 Å². The van der Waals surface area contributed by atoms with Gasteiger partial charge >= 0.3 is 5.97 Å². The summed E-state index contributed by atoms with van der Waals surface area (Å²) in [5.41, 5.74) is 0. The van der Waals surface area contributed by atoms with Crippen molar-refractivity contribution < 1.29 is 28.6 Å². The predicted octanol–water partition coefficient (Wildman–Crippen LogP) is 0.996. The maximum absolute atomic E-state index is 10.5. The number of carboxylic acids is 1. The van der Waals surface area contributed by atoms with Gasteiger partial charge in [0.1, 0.15) is 19.2 Å². The number of nitrogens with zero attached hydrogens (tertiary/aromatic N) is 1. The zero-order valence-corrected chi connectivity index (χ0v) is 13.3. The zero-order chi connectivity index (χ0) is 15.4. The van der Waals surface area contributed by atoms with Gasteiger partial charge < -0.3 is 23.8 Å². The summed E-state index contributed by atoms with van der Waals surface area (Å²) in [6.45, 7) is 9.42. The van der Waals surface area contributed by atoms with E-state index in [1.165, 1.54) is 0 Å². The Balaban J connectivity index is 4.50. The molecule has 120 valence electrons. The lowest BCUT2D eigenvalue weighted by atomic mass is 10.2. The van der Waals surface area contributed by atoms with Gasteiger partial charge in [-0.2, -0.15) is 0 Å². The molecule has 0 bridgehead atoms. The third-order valence-corrected chi connectivity index (χ3v) is 3.72. The fourth-order valence-corrected chi connectivity index (χ4v) is 2.26. The first-order valence-corrected chi connectivity index (χ1v) is 7.20. The van der Waals surface area contributed by atoms with E-state index in [0.29, 0.717) is 13.2 Å². The fraction of sp³-hybridized carbons (Fsp3) is 0.929. The van der Waals surface area contributed by atoms with Crippen LogP contribution in [0.3, 0.4) is 0 Å². The summed E-state index contributed by atoms with van der Waals surface area (Å²) >= 11 is 0. The van der Waals surface area contributed by atoms with E-state index in [4.69, 9.17) is 19.3 Å². The van der Waals surface area contributed by atoms with Crippen molar-refractivity contribution in [3.05, 3.63) is 0 Å². The van der Waals surface area contributed by atoms with E-state index in [-0.39, 0.29) is 19.1 Å². The quantitative estimate of drug-likeness (QED) is 0.513. The van der Waals surface area contributed by atoms with Gasteiger partial charge in [-0.25, -0.2) is 0 Å². The minimum absolute atomic E-state index is 0.0243. The molecule has 0 aliphatic carbocycles. The van der Waals surface area contributed by atoms with Gasteiger partial charge in [-0.3, -0.25) is 4.79 Å². The summed E-state index contributed by atoms with van der Waals surface area (Å²) in [5.74, 6) is -0.840. The van der Waals surface area contributed by atoms with Crippen molar-refractivity contribution in [3.8, 4) is 0 Å². The summed E-state index contributed by atoms with van der Waals surface area (Å²) in [4.78, 5) is 10.5. The summed E-state index contributed by atoms with van der Waals surface area (Å²) in [5, 5.41) is 8.67. The molecule has 1 N–H and O–H groups in total. The molecule has 6 heteroatoms. The Morgan fingerprint density at radius 1 is 1.15 bits per heavy atom. The summed E-state index contributed by atoms with van der Waals surface area (Å²) in [7, 11) is 3.34. The monoisotopic (exact) mass is 292 g/mol. The van der Waals surface area contributed by atoms with Crippen LogP contribution in [-0.2, 0) is 19.0 Å². The number of carboxylic acid groups (broad SMARTS) is 1. The summed E-state index contributed by atoms with van der Waals surface area (Å²) < 4.78 is 16.9. The number of methoxy groups -OCH3 is 2. The smallest absolute Gasteiger partial charge is 0.305 e. The van der Waals surface area contributed by atoms with Crippen LogP contribution in [-0.4, -0.2) is 81.9 Å². The number of likely N-dealkylation sites (N-methyl/N-ethyl adjacent to an activating group) is 1. The van der Waals surface area contributed by atoms with Gasteiger partial charge in [-0.05, 0) is 13.8 Å². The van der Waals surface area contributed by atoms with Crippen LogP contribution in [0.1, 0.15) is 20.3 Å². The average Bonchev–Trinajstić information content (AvgIpc) is 2.43. The van der Waals surface area contributed by atoms with Gasteiger partial charge in [0.25, 0.3) is 0 Å². The van der Waals surface area contributed by atoms with Crippen molar-refractivity contribution >= 4 is 5.97 Å². The largest absolute Gasteiger partial charge is 0.481 e. The first-order valence-electron chi connectivity index (χ1n) is 7.20. The summed E-state index contributed by atoms with van der Waals surface area (Å²) in [6.07, 6.45) is -0.0626. The Morgan fingerprint density at radius 2 is 1.80 bits per heavy atom. The highest BCUT2D eigenvalue weighted by Crippen LogP contribution is 2.11. The molecule has 20 heavy (non-hydrogen) atoms. The topological polar surface area (TPSA) is 65.0 Å². The number of quaternary nitrogens is 1. The lowest BCUT2D eigenvalue weighted by Gasteiger charge is -2.39. The molecule has 0 aliphatic heterocycles. The summed E-state index contributed by atoms with van der Waals surface area (Å²) in [6, 6.07) is 0. The van der Waals surface area contributed by atoms with Crippen molar-refractivity contribution in [2.24, 2.45) is 0 Å². The van der Waals surface area contributed by atoms with E-state index < -0.39 is 5.97 Å². The van der Waals surface area contributed by atoms with Crippen molar-refractivity contribution in [2.75, 3.05) is 60.2 Å². The van der Waals surface area contributed by atoms with Gasteiger partial charge in [0.05, 0.1) is 39.3 Å². The number of hydrogen-bond acceptors (Lipinski definition) is 4. The third kappa shape index (κ3) is 7.79.